The molecule has 0 aromatic rings. The van der Waals surface area contributed by atoms with Crippen molar-refractivity contribution in [3.8, 4) is 0 Å². The van der Waals surface area contributed by atoms with E-state index >= 15 is 0 Å². The van der Waals surface area contributed by atoms with Crippen molar-refractivity contribution in [3.63, 3.8) is 0 Å². The first-order chi connectivity index (χ1) is 41.1. The Morgan fingerprint density at radius 3 is 1.31 bits per heavy atom. The maximum Gasteiger partial charge on any atom is 0.220 e. The fraction of sp³-hybridized carbons (Fsp3) is 0.814. The Hall–Kier alpha value is -2.57. The number of amides is 1. The molecule has 0 bridgehead atoms. The highest BCUT2D eigenvalue weighted by Gasteiger charge is 2.51. The van der Waals surface area contributed by atoms with Gasteiger partial charge in [0, 0.05) is 6.42 Å². The predicted molar refractivity (Wildman–Crippen MR) is 341 cm³/mol. The molecule has 2 heterocycles. The molecule has 9 N–H and O–H groups in total. The van der Waals surface area contributed by atoms with Gasteiger partial charge in [0.25, 0.3) is 0 Å². The van der Waals surface area contributed by atoms with E-state index in [1.165, 1.54) is 180 Å². The molecule has 0 aliphatic carbocycles. The monoisotopic (exact) mass is 1190 g/mol. The summed E-state index contributed by atoms with van der Waals surface area (Å²) in [6.07, 6.45) is 56.7. The van der Waals surface area contributed by atoms with Crippen LogP contribution in [0.25, 0.3) is 0 Å². The average Bonchev–Trinajstić information content (AvgIpc) is 3.24. The maximum absolute atomic E-state index is 13.3. The molecule has 0 spiro atoms. The van der Waals surface area contributed by atoms with Gasteiger partial charge >= 0.3 is 0 Å². The minimum Gasteiger partial charge on any atom is -0.394 e. The number of ether oxygens (including phenoxy) is 4. The molecule has 1 amide bonds. The van der Waals surface area contributed by atoms with E-state index in [1.54, 1.807) is 6.08 Å². The molecule has 2 rings (SSSR count). The van der Waals surface area contributed by atoms with Crippen LogP contribution in [0.15, 0.2) is 72.9 Å². The van der Waals surface area contributed by atoms with Crippen LogP contribution in [0.2, 0.25) is 0 Å². The second kappa shape index (κ2) is 54.6. The van der Waals surface area contributed by atoms with E-state index in [0.717, 1.165) is 57.8 Å². The summed E-state index contributed by atoms with van der Waals surface area (Å²) < 4.78 is 22.8. The Morgan fingerprint density at radius 2 is 0.833 bits per heavy atom. The third kappa shape index (κ3) is 38.7. The van der Waals surface area contributed by atoms with Crippen LogP contribution in [0.1, 0.15) is 271 Å². The summed E-state index contributed by atoms with van der Waals surface area (Å²) in [7, 11) is 0. The van der Waals surface area contributed by atoms with Crippen molar-refractivity contribution in [2.75, 3.05) is 19.8 Å². The maximum atomic E-state index is 13.3. The first-order valence-corrected chi connectivity index (χ1v) is 34.2. The highest BCUT2D eigenvalue weighted by Crippen LogP contribution is 2.30. The highest BCUT2D eigenvalue weighted by atomic mass is 16.7. The van der Waals surface area contributed by atoms with Gasteiger partial charge in [-0.25, -0.2) is 0 Å². The first kappa shape index (κ1) is 77.5. The number of allylic oxidation sites excluding steroid dienone is 11. The number of nitrogens with one attached hydrogen (secondary N) is 1. The third-order valence-electron chi connectivity index (χ3n) is 16.4. The summed E-state index contributed by atoms with van der Waals surface area (Å²) in [5, 5.41) is 87.4. The fourth-order valence-electron chi connectivity index (χ4n) is 10.9. The predicted octanol–water partition coefficient (Wildman–Crippen LogP) is 13.5. The van der Waals surface area contributed by atoms with Gasteiger partial charge in [-0.15, -0.1) is 0 Å². The molecule has 2 fully saturated rings. The van der Waals surface area contributed by atoms with Crippen molar-refractivity contribution in [2.45, 2.75) is 344 Å². The average molecular weight is 1190 g/mol. The minimum atomic E-state index is -1.79. The van der Waals surface area contributed by atoms with E-state index in [1.807, 2.05) is 6.08 Å². The molecule has 14 heteroatoms. The highest BCUT2D eigenvalue weighted by molar-refractivity contribution is 5.76. The van der Waals surface area contributed by atoms with Crippen molar-refractivity contribution in [1.29, 1.82) is 0 Å². The third-order valence-corrected chi connectivity index (χ3v) is 16.4. The van der Waals surface area contributed by atoms with Gasteiger partial charge in [-0.05, 0) is 70.6 Å². The number of aliphatic hydroxyl groups is 8. The lowest BCUT2D eigenvalue weighted by molar-refractivity contribution is -0.359. The standard InChI is InChI=1S/C70H125NO13/c1-3-5-7-9-11-13-15-17-19-21-23-25-26-27-28-29-30-31-32-34-36-38-40-42-44-46-48-50-52-54-62(75)71-58(59(74)53-51-49-47-45-43-41-39-37-35-33-24-22-20-18-16-14-12-10-8-6-4-2)57-81-69-67(80)65(78)68(61(56-73)83-69)84-70-66(79)64(77)63(76)60(55-72)82-70/h5,7,11,13,17,19,23,25,43,45,51,53,58-61,63-70,72-74,76-80H,3-4,6,8-10,12,14-16,18,20-22,24,26-42,44,46-50,52,54-57H2,1-2H3,(H,71,75)/b7-5-,13-11-,19-17-,25-23-,45-43+,53-51+. The molecule has 0 aromatic carbocycles. The van der Waals surface area contributed by atoms with Crippen LogP contribution < -0.4 is 5.32 Å². The minimum absolute atomic E-state index is 0.248. The van der Waals surface area contributed by atoms with Crippen LogP contribution in [0.5, 0.6) is 0 Å². The summed E-state index contributed by atoms with van der Waals surface area (Å²) >= 11 is 0. The molecule has 84 heavy (non-hydrogen) atoms. The van der Waals surface area contributed by atoms with Gasteiger partial charge < -0.3 is 65.1 Å². The Balaban J connectivity index is 1.69. The summed E-state index contributed by atoms with van der Waals surface area (Å²) in [5.41, 5.74) is 0. The number of unbranched alkanes of at least 4 members (excludes halogenated alkanes) is 32. The number of hydrogen-bond donors (Lipinski definition) is 9. The first-order valence-electron chi connectivity index (χ1n) is 34.2. The summed E-state index contributed by atoms with van der Waals surface area (Å²) in [5.74, 6) is -0.248. The van der Waals surface area contributed by atoms with Gasteiger partial charge in [0.2, 0.25) is 5.91 Å². The quantitative estimate of drug-likeness (QED) is 0.0204. The number of hydrogen-bond acceptors (Lipinski definition) is 13. The van der Waals surface area contributed by atoms with Crippen molar-refractivity contribution in [2.24, 2.45) is 0 Å². The molecule has 2 aliphatic rings. The van der Waals surface area contributed by atoms with Crippen molar-refractivity contribution >= 4 is 5.91 Å². The van der Waals surface area contributed by atoms with Crippen molar-refractivity contribution in [1.82, 2.24) is 5.32 Å². The van der Waals surface area contributed by atoms with Crippen LogP contribution in [0.4, 0.5) is 0 Å². The van der Waals surface area contributed by atoms with Gasteiger partial charge in [0.1, 0.15) is 48.8 Å². The lowest BCUT2D eigenvalue weighted by Crippen LogP contribution is -2.65. The zero-order valence-electron chi connectivity index (χ0n) is 52.9. The summed E-state index contributed by atoms with van der Waals surface area (Å²) in [4.78, 5) is 13.3. The van der Waals surface area contributed by atoms with E-state index in [-0.39, 0.29) is 18.9 Å². The molecule has 488 valence electrons. The zero-order valence-corrected chi connectivity index (χ0v) is 52.9. The number of carbonyl (C=O) groups is 1. The lowest BCUT2D eigenvalue weighted by atomic mass is 9.97. The van der Waals surface area contributed by atoms with Crippen LogP contribution in [-0.2, 0) is 23.7 Å². The summed E-state index contributed by atoms with van der Waals surface area (Å²) in [6.45, 7) is 2.69. The van der Waals surface area contributed by atoms with E-state index < -0.39 is 86.8 Å². The SMILES string of the molecule is CC/C=C\C/C=C\C/C=C\C/C=C\CCCCCCCCCCCCCCCCCCC(=O)NC(COC1OC(CO)C(OC2OC(CO)C(O)C(O)C2O)C(O)C1O)C(O)/C=C/CC/C=C/CCCCCCCCCCCCCCCCC. The van der Waals surface area contributed by atoms with Crippen molar-refractivity contribution in [3.05, 3.63) is 72.9 Å². The van der Waals surface area contributed by atoms with Gasteiger partial charge in [-0.2, -0.15) is 0 Å². The smallest absolute Gasteiger partial charge is 0.220 e. The fourth-order valence-corrected chi connectivity index (χ4v) is 10.9. The van der Waals surface area contributed by atoms with E-state index in [4.69, 9.17) is 18.9 Å². The second-order valence-corrected chi connectivity index (χ2v) is 23.9. The molecule has 2 saturated heterocycles. The van der Waals surface area contributed by atoms with Crippen LogP contribution in [0.3, 0.4) is 0 Å². The van der Waals surface area contributed by atoms with E-state index in [9.17, 15) is 45.6 Å². The molecule has 14 nitrogen and oxygen atoms in total. The Morgan fingerprint density at radius 1 is 0.440 bits per heavy atom. The topological polar surface area (TPSA) is 228 Å². The van der Waals surface area contributed by atoms with Gasteiger partial charge in [-0.1, -0.05) is 267 Å². The second-order valence-electron chi connectivity index (χ2n) is 23.9. The molecule has 0 saturated carbocycles. The number of carbonyl (C=O) groups excluding carboxylic acids is 1. The Labute approximate surface area is 510 Å². The Kier molecular flexibility index (Phi) is 50.4. The van der Waals surface area contributed by atoms with Crippen LogP contribution in [-0.4, -0.2) is 140 Å². The molecule has 12 unspecified atom stereocenters. The van der Waals surface area contributed by atoms with E-state index in [0.29, 0.717) is 12.8 Å². The van der Waals surface area contributed by atoms with Gasteiger partial charge in [0.15, 0.2) is 12.6 Å². The van der Waals surface area contributed by atoms with Gasteiger partial charge in [-0.3, -0.25) is 4.79 Å². The number of aliphatic hydroxyl groups excluding tert-OH is 8. The van der Waals surface area contributed by atoms with Crippen molar-refractivity contribution < 1.29 is 64.6 Å². The summed E-state index contributed by atoms with van der Waals surface area (Å²) in [6, 6.07) is -0.935. The molecule has 0 radical (unpaired) electrons. The molecular formula is C70H125NO13. The largest absolute Gasteiger partial charge is 0.394 e. The molecule has 0 aromatic heterocycles. The zero-order chi connectivity index (χ0) is 60.9. The normalized spacial score (nSPS) is 24.1. The molecular weight excluding hydrogens is 1060 g/mol. The molecule has 12 atom stereocenters. The van der Waals surface area contributed by atoms with Crippen LogP contribution in [0, 0.1) is 0 Å². The van der Waals surface area contributed by atoms with Gasteiger partial charge in [0.05, 0.1) is 32.0 Å². The Bertz CT molecular complexity index is 1690. The van der Waals surface area contributed by atoms with Crippen LogP contribution >= 0.6 is 0 Å². The number of rotatable bonds is 55. The molecule has 2 aliphatic heterocycles. The van der Waals surface area contributed by atoms with E-state index in [2.05, 4.69) is 79.9 Å². The lowest BCUT2D eigenvalue weighted by Gasteiger charge is -2.46.